The number of amides is 1. The van der Waals surface area contributed by atoms with Gasteiger partial charge in [0.2, 0.25) is 0 Å². The first-order valence-electron chi connectivity index (χ1n) is 12.9. The molecular formula is C28H33N5O2S2. The number of anilines is 2. The van der Waals surface area contributed by atoms with Gasteiger partial charge in [-0.05, 0) is 43.5 Å². The van der Waals surface area contributed by atoms with E-state index in [4.69, 9.17) is 12.2 Å². The fourth-order valence-corrected chi connectivity index (χ4v) is 6.16. The van der Waals surface area contributed by atoms with Crippen LogP contribution in [0, 0.1) is 18.3 Å². The van der Waals surface area contributed by atoms with E-state index in [1.165, 1.54) is 17.4 Å². The summed E-state index contributed by atoms with van der Waals surface area (Å²) in [5, 5.41) is 9.87. The number of nitrogens with zero attached hydrogens (tertiary/aromatic N) is 5. The maximum Gasteiger partial charge on any atom is 0.270 e. The van der Waals surface area contributed by atoms with Crippen LogP contribution in [0.4, 0.5) is 11.5 Å². The highest BCUT2D eigenvalue weighted by molar-refractivity contribution is 8.26. The highest BCUT2D eigenvalue weighted by Crippen LogP contribution is 2.36. The first-order chi connectivity index (χ1) is 17.9. The predicted octanol–water partition coefficient (Wildman–Crippen LogP) is 4.77. The lowest BCUT2D eigenvalue weighted by Gasteiger charge is -2.39. The lowest BCUT2D eigenvalue weighted by molar-refractivity contribution is -0.122. The number of carbonyl (C=O) groups is 1. The Labute approximate surface area is 228 Å². The molecule has 0 saturated carbocycles. The van der Waals surface area contributed by atoms with Crippen molar-refractivity contribution in [3.05, 3.63) is 62.3 Å². The Morgan fingerprint density at radius 1 is 1.03 bits per heavy atom. The summed E-state index contributed by atoms with van der Waals surface area (Å²) in [6, 6.07) is 12.4. The SMILES string of the molecule is CCCCN1C(=O)/C(=C\c2c(C)c(C#N)c(=O)n(CCC)c2N2CCN(c3ccccc3)CC2)SC1=S. The maximum atomic E-state index is 13.4. The Kier molecular flexibility index (Phi) is 8.72. The molecule has 0 atom stereocenters. The number of hydrogen-bond donors (Lipinski definition) is 0. The standard InChI is InChI=1S/C28H33N5O2S2/c1-4-6-13-33-27(35)24(37-28(33)36)18-22-20(3)23(19-29)26(34)32(12-5-2)25(22)31-16-14-30(15-17-31)21-10-8-7-9-11-21/h7-11,18H,4-6,12-17H2,1-3H3/b24-18+. The van der Waals surface area contributed by atoms with E-state index in [2.05, 4.69) is 34.9 Å². The summed E-state index contributed by atoms with van der Waals surface area (Å²) in [4.78, 5) is 33.4. The van der Waals surface area contributed by atoms with Crippen molar-refractivity contribution in [2.45, 2.75) is 46.6 Å². The number of rotatable bonds is 8. The largest absolute Gasteiger partial charge is 0.368 e. The van der Waals surface area contributed by atoms with E-state index in [0.717, 1.165) is 56.8 Å². The summed E-state index contributed by atoms with van der Waals surface area (Å²) in [5.41, 5.74) is 2.41. The highest BCUT2D eigenvalue weighted by Gasteiger charge is 2.33. The van der Waals surface area contributed by atoms with Crippen molar-refractivity contribution in [2.24, 2.45) is 0 Å². The molecule has 2 aliphatic heterocycles. The van der Waals surface area contributed by atoms with Crippen LogP contribution < -0.4 is 15.4 Å². The second-order valence-electron chi connectivity index (χ2n) is 9.30. The lowest BCUT2D eigenvalue weighted by Crippen LogP contribution is -2.48. The Balaban J connectivity index is 1.77. The predicted molar refractivity (Wildman–Crippen MR) is 156 cm³/mol. The van der Waals surface area contributed by atoms with Crippen molar-refractivity contribution in [3.8, 4) is 6.07 Å². The van der Waals surface area contributed by atoms with Gasteiger partial charge in [0, 0.05) is 50.5 Å². The second-order valence-corrected chi connectivity index (χ2v) is 11.0. The minimum atomic E-state index is -0.269. The first kappa shape index (κ1) is 27.0. The zero-order valence-electron chi connectivity index (χ0n) is 21.7. The van der Waals surface area contributed by atoms with E-state index in [0.29, 0.717) is 27.9 Å². The molecule has 2 aromatic rings. The number of benzene rings is 1. The zero-order valence-corrected chi connectivity index (χ0v) is 23.3. The Bertz CT molecular complexity index is 1300. The molecule has 0 unspecified atom stereocenters. The molecule has 7 nitrogen and oxygen atoms in total. The molecule has 0 radical (unpaired) electrons. The van der Waals surface area contributed by atoms with E-state index in [-0.39, 0.29) is 17.0 Å². The third-order valence-corrected chi connectivity index (χ3v) is 8.26. The normalized spacial score (nSPS) is 17.1. The van der Waals surface area contributed by atoms with E-state index >= 15 is 0 Å². The Morgan fingerprint density at radius 2 is 1.70 bits per heavy atom. The third-order valence-electron chi connectivity index (χ3n) is 6.88. The molecule has 2 aliphatic rings. The number of unbranched alkanes of at least 4 members (excludes halogenated alkanes) is 1. The fraction of sp³-hybridized carbons (Fsp3) is 0.429. The van der Waals surface area contributed by atoms with Crippen LogP contribution in [0.3, 0.4) is 0 Å². The molecule has 37 heavy (non-hydrogen) atoms. The molecule has 0 N–H and O–H groups in total. The van der Waals surface area contributed by atoms with Crippen molar-refractivity contribution >= 4 is 51.8 Å². The number of carbonyl (C=O) groups excluding carboxylic acids is 1. The van der Waals surface area contributed by atoms with Crippen molar-refractivity contribution < 1.29 is 4.79 Å². The number of hydrogen-bond acceptors (Lipinski definition) is 7. The third kappa shape index (κ3) is 5.46. The number of thioether (sulfide) groups is 1. The van der Waals surface area contributed by atoms with Gasteiger partial charge in [0.25, 0.3) is 11.5 Å². The van der Waals surface area contributed by atoms with Gasteiger partial charge in [0.15, 0.2) is 0 Å². The minimum Gasteiger partial charge on any atom is -0.368 e. The summed E-state index contributed by atoms with van der Waals surface area (Å²) in [6.07, 6.45) is 4.47. The van der Waals surface area contributed by atoms with Gasteiger partial charge >= 0.3 is 0 Å². The van der Waals surface area contributed by atoms with E-state index in [1.54, 1.807) is 9.47 Å². The lowest BCUT2D eigenvalue weighted by atomic mass is 10.0. The van der Waals surface area contributed by atoms with Crippen LogP contribution in [0.25, 0.3) is 6.08 Å². The van der Waals surface area contributed by atoms with Crippen LogP contribution >= 0.6 is 24.0 Å². The summed E-state index contributed by atoms with van der Waals surface area (Å²) in [5.74, 6) is 0.685. The van der Waals surface area contributed by atoms with Crippen molar-refractivity contribution in [2.75, 3.05) is 42.5 Å². The number of para-hydroxylation sites is 1. The van der Waals surface area contributed by atoms with E-state index in [9.17, 15) is 14.9 Å². The van der Waals surface area contributed by atoms with Crippen LogP contribution in [0.15, 0.2) is 40.0 Å². The molecule has 4 rings (SSSR count). The van der Waals surface area contributed by atoms with Gasteiger partial charge in [-0.2, -0.15) is 5.26 Å². The molecule has 1 amide bonds. The number of thiocarbonyl (C=S) groups is 1. The van der Waals surface area contributed by atoms with Gasteiger partial charge in [-0.25, -0.2) is 0 Å². The smallest absolute Gasteiger partial charge is 0.270 e. The number of pyridine rings is 1. The molecule has 9 heteroatoms. The van der Waals surface area contributed by atoms with Crippen LogP contribution in [0.1, 0.15) is 49.8 Å². The van der Waals surface area contributed by atoms with Gasteiger partial charge in [0.05, 0.1) is 4.91 Å². The number of nitriles is 1. The van der Waals surface area contributed by atoms with Crippen molar-refractivity contribution in [3.63, 3.8) is 0 Å². The summed E-state index contributed by atoms with van der Waals surface area (Å²) >= 11 is 6.81. The average molecular weight is 536 g/mol. The minimum absolute atomic E-state index is 0.102. The molecule has 0 spiro atoms. The maximum absolute atomic E-state index is 13.4. The highest BCUT2D eigenvalue weighted by atomic mass is 32.2. The number of aromatic nitrogens is 1. The van der Waals surface area contributed by atoms with E-state index < -0.39 is 0 Å². The average Bonchev–Trinajstić information content (AvgIpc) is 3.18. The van der Waals surface area contributed by atoms with Gasteiger partial charge in [-0.15, -0.1) is 0 Å². The van der Waals surface area contributed by atoms with Gasteiger partial charge < -0.3 is 9.80 Å². The van der Waals surface area contributed by atoms with Gasteiger partial charge in [0.1, 0.15) is 21.8 Å². The molecule has 2 saturated heterocycles. The monoisotopic (exact) mass is 535 g/mol. The Morgan fingerprint density at radius 3 is 2.32 bits per heavy atom. The Hall–Kier alpha value is -3.09. The van der Waals surface area contributed by atoms with Crippen LogP contribution in [-0.2, 0) is 11.3 Å². The summed E-state index contributed by atoms with van der Waals surface area (Å²) in [7, 11) is 0. The quantitative estimate of drug-likeness (QED) is 0.356. The van der Waals surface area contributed by atoms with E-state index in [1.807, 2.05) is 38.1 Å². The fourth-order valence-electron chi connectivity index (χ4n) is 4.87. The molecule has 3 heterocycles. The van der Waals surface area contributed by atoms with Crippen LogP contribution in [0.5, 0.6) is 0 Å². The molecule has 0 bridgehead atoms. The van der Waals surface area contributed by atoms with Crippen molar-refractivity contribution in [1.29, 1.82) is 5.26 Å². The van der Waals surface area contributed by atoms with Gasteiger partial charge in [-0.1, -0.05) is 62.4 Å². The first-order valence-corrected chi connectivity index (χ1v) is 14.1. The molecule has 0 aliphatic carbocycles. The second kappa shape index (κ2) is 12.0. The molecule has 1 aromatic carbocycles. The van der Waals surface area contributed by atoms with Gasteiger partial charge in [-0.3, -0.25) is 19.1 Å². The molecule has 1 aromatic heterocycles. The topological polar surface area (TPSA) is 72.6 Å². The summed E-state index contributed by atoms with van der Waals surface area (Å²) < 4.78 is 2.29. The number of piperazine rings is 1. The summed E-state index contributed by atoms with van der Waals surface area (Å²) in [6.45, 7) is 10.1. The van der Waals surface area contributed by atoms with Crippen LogP contribution in [0.2, 0.25) is 0 Å². The molecular weight excluding hydrogens is 502 g/mol. The van der Waals surface area contributed by atoms with Crippen molar-refractivity contribution in [1.82, 2.24) is 9.47 Å². The zero-order chi connectivity index (χ0) is 26.5. The molecule has 2 fully saturated rings. The van der Waals surface area contributed by atoms with Crippen LogP contribution in [-0.4, -0.2) is 52.4 Å². The molecule has 194 valence electrons.